The summed E-state index contributed by atoms with van der Waals surface area (Å²) in [5, 5.41) is 15.3. The maximum Gasteiger partial charge on any atom is 0.245 e. The van der Waals surface area contributed by atoms with Crippen LogP contribution in [0.2, 0.25) is 0 Å². The first-order valence-electron chi connectivity index (χ1n) is 10.8. The van der Waals surface area contributed by atoms with E-state index in [4.69, 9.17) is 14.2 Å². The molecule has 0 fully saturated rings. The van der Waals surface area contributed by atoms with Crippen molar-refractivity contribution in [2.45, 2.75) is 58.5 Å². The molecule has 8 heteroatoms. The number of nitrogens with one attached hydrogen (secondary N) is 2. The molecular formula is C23H36N2O6. The van der Waals surface area contributed by atoms with Gasteiger partial charge in [-0.2, -0.15) is 0 Å². The third-order valence-corrected chi connectivity index (χ3v) is 5.63. The molecule has 1 aromatic carbocycles. The molecule has 1 aromatic rings. The Morgan fingerprint density at radius 1 is 1.10 bits per heavy atom. The molecule has 174 valence electrons. The Labute approximate surface area is 184 Å². The van der Waals surface area contributed by atoms with Gasteiger partial charge in [0.25, 0.3) is 0 Å². The van der Waals surface area contributed by atoms with Gasteiger partial charge in [0.15, 0.2) is 11.5 Å². The third-order valence-electron chi connectivity index (χ3n) is 5.63. The second kappa shape index (κ2) is 11.2. The highest BCUT2D eigenvalue weighted by atomic mass is 16.5. The number of hydrogen-bond donors (Lipinski definition) is 3. The molecule has 8 nitrogen and oxygen atoms in total. The summed E-state index contributed by atoms with van der Waals surface area (Å²) in [7, 11) is 4.70. The average Bonchev–Trinajstić information content (AvgIpc) is 2.74. The fourth-order valence-corrected chi connectivity index (χ4v) is 4.23. The van der Waals surface area contributed by atoms with Crippen LogP contribution in [0.5, 0.6) is 17.2 Å². The Hall–Kier alpha value is -2.48. The number of ether oxygens (including phenoxy) is 3. The van der Waals surface area contributed by atoms with E-state index in [2.05, 4.69) is 24.5 Å². The minimum Gasteiger partial charge on any atom is -0.493 e. The van der Waals surface area contributed by atoms with Crippen LogP contribution in [0.3, 0.4) is 0 Å². The lowest BCUT2D eigenvalue weighted by Crippen LogP contribution is -2.52. The smallest absolute Gasteiger partial charge is 0.245 e. The van der Waals surface area contributed by atoms with Crippen LogP contribution < -0.4 is 24.8 Å². The molecule has 2 amide bonds. The van der Waals surface area contributed by atoms with Crippen LogP contribution in [0.15, 0.2) is 6.07 Å². The van der Waals surface area contributed by atoms with Crippen molar-refractivity contribution in [3.05, 3.63) is 17.2 Å². The molecule has 1 aliphatic carbocycles. The fourth-order valence-electron chi connectivity index (χ4n) is 4.23. The van der Waals surface area contributed by atoms with Crippen LogP contribution in [0.1, 0.15) is 44.7 Å². The number of methoxy groups -OCH3 is 3. The summed E-state index contributed by atoms with van der Waals surface area (Å²) >= 11 is 0. The van der Waals surface area contributed by atoms with Crippen molar-refractivity contribution < 1.29 is 28.9 Å². The molecule has 0 bridgehead atoms. The first kappa shape index (κ1) is 24.8. The highest BCUT2D eigenvalue weighted by molar-refractivity contribution is 5.89. The van der Waals surface area contributed by atoms with Crippen LogP contribution in [0.4, 0.5) is 0 Å². The van der Waals surface area contributed by atoms with E-state index in [1.165, 1.54) is 0 Å². The first-order valence-corrected chi connectivity index (χ1v) is 10.8. The van der Waals surface area contributed by atoms with Crippen molar-refractivity contribution in [1.82, 2.24) is 10.6 Å². The van der Waals surface area contributed by atoms with Gasteiger partial charge in [0.2, 0.25) is 17.6 Å². The van der Waals surface area contributed by atoms with Crippen molar-refractivity contribution in [2.75, 3.05) is 27.9 Å². The number of carbonyl (C=O) groups is 2. The van der Waals surface area contributed by atoms with Crippen LogP contribution in [-0.4, -0.2) is 56.9 Å². The highest BCUT2D eigenvalue weighted by Crippen LogP contribution is 2.45. The molecule has 0 radical (unpaired) electrons. The number of fused-ring (bicyclic) bond motifs is 1. The zero-order chi connectivity index (χ0) is 23.1. The molecule has 0 aliphatic heterocycles. The number of carbonyl (C=O) groups excluding carboxylic acids is 2. The van der Waals surface area contributed by atoms with Gasteiger partial charge in [-0.15, -0.1) is 0 Å². The zero-order valence-electron chi connectivity index (χ0n) is 19.4. The monoisotopic (exact) mass is 436 g/mol. The normalized spacial score (nSPS) is 17.4. The van der Waals surface area contributed by atoms with Gasteiger partial charge >= 0.3 is 0 Å². The number of rotatable bonds is 10. The van der Waals surface area contributed by atoms with E-state index in [1.807, 2.05) is 13.0 Å². The van der Waals surface area contributed by atoms with Crippen molar-refractivity contribution in [1.29, 1.82) is 0 Å². The van der Waals surface area contributed by atoms with Gasteiger partial charge in [-0.25, -0.2) is 0 Å². The van der Waals surface area contributed by atoms with Gasteiger partial charge in [-0.3, -0.25) is 9.59 Å². The van der Waals surface area contributed by atoms with Gasteiger partial charge in [0, 0.05) is 17.5 Å². The van der Waals surface area contributed by atoms with Crippen molar-refractivity contribution in [3.63, 3.8) is 0 Å². The van der Waals surface area contributed by atoms with Crippen LogP contribution in [0, 0.1) is 11.8 Å². The van der Waals surface area contributed by atoms with Gasteiger partial charge in [-0.1, -0.05) is 13.8 Å². The average molecular weight is 437 g/mol. The van der Waals surface area contributed by atoms with Crippen LogP contribution in [-0.2, 0) is 22.4 Å². The van der Waals surface area contributed by atoms with Crippen molar-refractivity contribution in [2.24, 2.45) is 11.8 Å². The number of aliphatic hydroxyl groups excluding tert-OH is 1. The summed E-state index contributed by atoms with van der Waals surface area (Å²) in [5.74, 6) is 1.23. The molecule has 0 aromatic heterocycles. The summed E-state index contributed by atoms with van der Waals surface area (Å²) < 4.78 is 16.4. The predicted octanol–water partition coefficient (Wildman–Crippen LogP) is 1.85. The Bertz CT molecular complexity index is 780. The minimum atomic E-state index is -0.969. The number of amides is 2. The van der Waals surface area contributed by atoms with E-state index < -0.39 is 12.6 Å². The van der Waals surface area contributed by atoms with E-state index >= 15 is 0 Å². The van der Waals surface area contributed by atoms with E-state index in [0.29, 0.717) is 42.4 Å². The van der Waals surface area contributed by atoms with Crippen LogP contribution >= 0.6 is 0 Å². The summed E-state index contributed by atoms with van der Waals surface area (Å²) in [4.78, 5) is 25.4. The molecule has 0 saturated carbocycles. The molecule has 3 N–H and O–H groups in total. The van der Waals surface area contributed by atoms with Gasteiger partial charge in [-0.05, 0) is 50.2 Å². The largest absolute Gasteiger partial charge is 0.493 e. The van der Waals surface area contributed by atoms with E-state index in [-0.39, 0.29) is 23.8 Å². The summed E-state index contributed by atoms with van der Waals surface area (Å²) in [6.45, 7) is 5.62. The van der Waals surface area contributed by atoms with Gasteiger partial charge < -0.3 is 30.0 Å². The molecule has 0 saturated heterocycles. The molecular weight excluding hydrogens is 400 g/mol. The lowest BCUT2D eigenvalue weighted by Gasteiger charge is -2.28. The topological polar surface area (TPSA) is 106 Å². The summed E-state index contributed by atoms with van der Waals surface area (Å²) in [5.41, 5.74) is 1.96. The standard InChI is InChI=1S/C23H36N2O6/c1-13(2)9-14(3)24-23(28)18(12-26)25-22(27)15-7-8-17-16(10-15)11-19(29-4)21(31-6)20(17)30-5/h11,13-15,18,26H,7-10,12H2,1-6H3,(H,24,28)(H,25,27)/t14?,15?,18-/m0/s1. The lowest BCUT2D eigenvalue weighted by atomic mass is 9.82. The summed E-state index contributed by atoms with van der Waals surface area (Å²) in [6.07, 6.45) is 2.55. The Morgan fingerprint density at radius 3 is 2.32 bits per heavy atom. The molecule has 2 rings (SSSR count). The quantitative estimate of drug-likeness (QED) is 0.517. The molecule has 2 unspecified atom stereocenters. The Balaban J connectivity index is 2.10. The Morgan fingerprint density at radius 2 is 1.77 bits per heavy atom. The van der Waals surface area contributed by atoms with Gasteiger partial charge in [0.05, 0.1) is 27.9 Å². The maximum absolute atomic E-state index is 12.9. The van der Waals surface area contributed by atoms with Gasteiger partial charge in [0.1, 0.15) is 6.04 Å². The number of hydrogen-bond acceptors (Lipinski definition) is 6. The molecule has 3 atom stereocenters. The third kappa shape index (κ3) is 6.03. The fraction of sp³-hybridized carbons (Fsp3) is 0.652. The number of aliphatic hydroxyl groups is 1. The van der Waals surface area contributed by atoms with Crippen molar-refractivity contribution >= 4 is 11.8 Å². The molecule has 0 heterocycles. The molecule has 0 spiro atoms. The maximum atomic E-state index is 12.9. The second-order valence-electron chi connectivity index (χ2n) is 8.51. The minimum absolute atomic E-state index is 0.0325. The SMILES string of the molecule is COc1cc2c(c(OC)c1OC)CCC(C(=O)N[C@@H](CO)C(=O)NC(C)CC(C)C)C2. The summed E-state index contributed by atoms with van der Waals surface area (Å²) in [6, 6.07) is 0.873. The number of benzene rings is 1. The lowest BCUT2D eigenvalue weighted by molar-refractivity contribution is -0.132. The second-order valence-corrected chi connectivity index (χ2v) is 8.51. The van der Waals surface area contributed by atoms with E-state index in [1.54, 1.807) is 21.3 Å². The van der Waals surface area contributed by atoms with E-state index in [9.17, 15) is 14.7 Å². The Kier molecular flexibility index (Phi) is 8.98. The van der Waals surface area contributed by atoms with Crippen LogP contribution in [0.25, 0.3) is 0 Å². The molecule has 31 heavy (non-hydrogen) atoms. The predicted molar refractivity (Wildman–Crippen MR) is 118 cm³/mol. The van der Waals surface area contributed by atoms with Crippen molar-refractivity contribution in [3.8, 4) is 17.2 Å². The van der Waals surface area contributed by atoms with E-state index in [0.717, 1.165) is 17.5 Å². The highest BCUT2D eigenvalue weighted by Gasteiger charge is 2.32. The first-order chi connectivity index (χ1) is 14.7. The zero-order valence-corrected chi connectivity index (χ0v) is 19.4. The molecule has 1 aliphatic rings.